The van der Waals surface area contributed by atoms with E-state index in [1.165, 1.54) is 19.2 Å². The molecule has 0 aliphatic carbocycles. The molecule has 1 aliphatic heterocycles. The molecule has 0 fully saturated rings. The minimum absolute atomic E-state index is 0.00886. The van der Waals surface area contributed by atoms with Gasteiger partial charge >= 0.3 is 0 Å². The van der Waals surface area contributed by atoms with E-state index in [-0.39, 0.29) is 21.7 Å². The Hall–Kier alpha value is -4.38. The molecule has 1 aromatic heterocycles. The van der Waals surface area contributed by atoms with Crippen LogP contribution in [0.2, 0.25) is 0 Å². The standard InChI is InChI=1S/C28H28N2O8S/c1-33-21-7-5-4-6-20(21)26-30-28(39(31,32)19-9-11-23-25(17-19)37-15-14-36-23)27(38-26)29-13-12-18-8-10-22(34-2)24(16-18)35-3/h4-11,16-17,29H,12-15H2,1-3H3. The molecule has 10 nitrogen and oxygen atoms in total. The van der Waals surface area contributed by atoms with Gasteiger partial charge in [-0.3, -0.25) is 0 Å². The highest BCUT2D eigenvalue weighted by atomic mass is 32.2. The van der Waals surface area contributed by atoms with Gasteiger partial charge in [-0.15, -0.1) is 0 Å². The lowest BCUT2D eigenvalue weighted by atomic mass is 10.1. The summed E-state index contributed by atoms with van der Waals surface area (Å²) in [7, 11) is 0.567. The number of ether oxygens (including phenoxy) is 5. The normalized spacial score (nSPS) is 12.6. The van der Waals surface area contributed by atoms with Crippen LogP contribution in [0.3, 0.4) is 0 Å². The maximum atomic E-state index is 13.8. The lowest BCUT2D eigenvalue weighted by molar-refractivity contribution is 0.171. The second-order valence-corrected chi connectivity index (χ2v) is 10.4. The average Bonchev–Trinajstić information content (AvgIpc) is 3.41. The molecule has 39 heavy (non-hydrogen) atoms. The molecule has 11 heteroatoms. The molecule has 0 radical (unpaired) electrons. The van der Waals surface area contributed by atoms with Gasteiger partial charge in [-0.2, -0.15) is 4.98 Å². The summed E-state index contributed by atoms with van der Waals surface area (Å²) in [5.74, 6) is 2.71. The zero-order valence-electron chi connectivity index (χ0n) is 21.7. The van der Waals surface area contributed by atoms with Crippen molar-refractivity contribution in [3.05, 3.63) is 66.2 Å². The second-order valence-electron chi connectivity index (χ2n) is 8.53. The summed E-state index contributed by atoms with van der Waals surface area (Å²) < 4.78 is 60.9. The summed E-state index contributed by atoms with van der Waals surface area (Å²) in [6.07, 6.45) is 0.550. The Labute approximate surface area is 226 Å². The Morgan fingerprint density at radius 1 is 0.846 bits per heavy atom. The molecule has 2 heterocycles. The van der Waals surface area contributed by atoms with Gasteiger partial charge in [0, 0.05) is 12.6 Å². The molecule has 0 saturated carbocycles. The van der Waals surface area contributed by atoms with Crippen LogP contribution >= 0.6 is 0 Å². The first-order valence-electron chi connectivity index (χ1n) is 12.2. The van der Waals surface area contributed by atoms with Crippen molar-refractivity contribution in [1.82, 2.24) is 4.98 Å². The van der Waals surface area contributed by atoms with E-state index in [2.05, 4.69) is 10.3 Å². The predicted octanol–water partition coefficient (Wildman–Crippen LogP) is 4.63. The van der Waals surface area contributed by atoms with Crippen molar-refractivity contribution in [3.63, 3.8) is 0 Å². The third-order valence-electron chi connectivity index (χ3n) is 6.16. The molecule has 0 unspecified atom stereocenters. The van der Waals surface area contributed by atoms with Crippen LogP contribution in [0.15, 0.2) is 75.0 Å². The lowest BCUT2D eigenvalue weighted by Crippen LogP contribution is -2.16. The average molecular weight is 553 g/mol. The molecule has 3 aromatic carbocycles. The third kappa shape index (κ3) is 5.30. The topological polar surface area (TPSA) is 118 Å². The number of sulfone groups is 1. The molecule has 5 rings (SSSR count). The first kappa shape index (κ1) is 26.2. The van der Waals surface area contributed by atoms with E-state index in [1.54, 1.807) is 44.6 Å². The molecule has 1 aliphatic rings. The minimum Gasteiger partial charge on any atom is -0.496 e. The number of para-hydroxylation sites is 1. The number of hydrogen-bond acceptors (Lipinski definition) is 10. The molecule has 0 spiro atoms. The van der Waals surface area contributed by atoms with Crippen molar-refractivity contribution in [1.29, 1.82) is 0 Å². The fourth-order valence-electron chi connectivity index (χ4n) is 4.20. The number of aromatic nitrogens is 1. The van der Waals surface area contributed by atoms with E-state index in [1.807, 2.05) is 18.2 Å². The SMILES string of the molecule is COc1ccc(CCNc2oc(-c3ccccc3OC)nc2S(=O)(=O)c2ccc3c(c2)OCCO3)cc1OC. The number of rotatable bonds is 10. The Balaban J connectivity index is 1.49. The largest absolute Gasteiger partial charge is 0.496 e. The van der Waals surface area contributed by atoms with Gasteiger partial charge in [0.2, 0.25) is 26.6 Å². The fraction of sp³-hybridized carbons (Fsp3) is 0.250. The van der Waals surface area contributed by atoms with Gasteiger partial charge < -0.3 is 33.4 Å². The van der Waals surface area contributed by atoms with Gasteiger partial charge in [-0.05, 0) is 48.4 Å². The van der Waals surface area contributed by atoms with Gasteiger partial charge in [0.25, 0.3) is 0 Å². The summed E-state index contributed by atoms with van der Waals surface area (Å²) in [6, 6.07) is 17.2. The fourth-order valence-corrected chi connectivity index (χ4v) is 5.49. The molecular weight excluding hydrogens is 524 g/mol. The number of methoxy groups -OCH3 is 3. The summed E-state index contributed by atoms with van der Waals surface area (Å²) in [5.41, 5.74) is 1.48. The van der Waals surface area contributed by atoms with E-state index >= 15 is 0 Å². The highest BCUT2D eigenvalue weighted by Gasteiger charge is 2.30. The number of benzene rings is 3. The Morgan fingerprint density at radius 2 is 1.59 bits per heavy atom. The smallest absolute Gasteiger partial charge is 0.233 e. The molecule has 204 valence electrons. The maximum Gasteiger partial charge on any atom is 0.233 e. The number of hydrogen-bond donors (Lipinski definition) is 1. The number of nitrogens with zero attached hydrogens (tertiary/aromatic N) is 1. The molecule has 0 saturated heterocycles. The molecule has 4 aromatic rings. The Morgan fingerprint density at radius 3 is 2.36 bits per heavy atom. The van der Waals surface area contributed by atoms with E-state index < -0.39 is 9.84 Å². The maximum absolute atomic E-state index is 13.8. The number of anilines is 1. The van der Waals surface area contributed by atoms with Crippen LogP contribution in [0.5, 0.6) is 28.7 Å². The van der Waals surface area contributed by atoms with E-state index in [0.717, 1.165) is 5.56 Å². The van der Waals surface area contributed by atoms with Crippen molar-refractivity contribution >= 4 is 15.7 Å². The van der Waals surface area contributed by atoms with Crippen LogP contribution in [0.4, 0.5) is 5.88 Å². The number of oxazole rings is 1. The van der Waals surface area contributed by atoms with Crippen molar-refractivity contribution in [2.75, 3.05) is 46.4 Å². The lowest BCUT2D eigenvalue weighted by Gasteiger charge is -2.18. The van der Waals surface area contributed by atoms with Crippen LogP contribution in [0.25, 0.3) is 11.5 Å². The van der Waals surface area contributed by atoms with Crippen LogP contribution < -0.4 is 29.0 Å². The summed E-state index contributed by atoms with van der Waals surface area (Å²) in [4.78, 5) is 4.43. The quantitative estimate of drug-likeness (QED) is 0.298. The first-order chi connectivity index (χ1) is 18.9. The van der Waals surface area contributed by atoms with Gasteiger partial charge in [0.05, 0.1) is 31.8 Å². The van der Waals surface area contributed by atoms with Crippen LogP contribution in [0.1, 0.15) is 5.56 Å². The van der Waals surface area contributed by atoms with Crippen molar-refractivity contribution < 1.29 is 36.5 Å². The van der Waals surface area contributed by atoms with Crippen molar-refractivity contribution in [3.8, 4) is 40.2 Å². The molecular formula is C28H28N2O8S. The zero-order valence-corrected chi connectivity index (χ0v) is 22.5. The Kier molecular flexibility index (Phi) is 7.51. The first-order valence-corrected chi connectivity index (χ1v) is 13.7. The monoisotopic (exact) mass is 552 g/mol. The number of nitrogens with one attached hydrogen (secondary N) is 1. The van der Waals surface area contributed by atoms with Crippen LogP contribution in [-0.4, -0.2) is 54.5 Å². The Bertz CT molecular complexity index is 1580. The molecule has 0 amide bonds. The number of fused-ring (bicyclic) bond motifs is 1. The van der Waals surface area contributed by atoms with E-state index in [9.17, 15) is 8.42 Å². The predicted molar refractivity (Wildman–Crippen MR) is 143 cm³/mol. The summed E-state index contributed by atoms with van der Waals surface area (Å²) >= 11 is 0. The molecule has 1 N–H and O–H groups in total. The van der Waals surface area contributed by atoms with Gasteiger partial charge in [0.15, 0.2) is 23.0 Å². The third-order valence-corrected chi connectivity index (χ3v) is 7.82. The van der Waals surface area contributed by atoms with E-state index in [4.69, 9.17) is 28.1 Å². The van der Waals surface area contributed by atoms with Crippen molar-refractivity contribution in [2.45, 2.75) is 16.3 Å². The van der Waals surface area contributed by atoms with Gasteiger partial charge in [-0.1, -0.05) is 18.2 Å². The molecule has 0 bridgehead atoms. The highest BCUT2D eigenvalue weighted by molar-refractivity contribution is 7.91. The van der Waals surface area contributed by atoms with Crippen LogP contribution in [-0.2, 0) is 16.3 Å². The minimum atomic E-state index is -4.10. The van der Waals surface area contributed by atoms with Crippen LogP contribution in [0, 0.1) is 0 Å². The summed E-state index contributed by atoms with van der Waals surface area (Å²) in [5, 5.41) is 2.87. The second kappa shape index (κ2) is 11.2. The zero-order chi connectivity index (χ0) is 27.4. The van der Waals surface area contributed by atoms with Gasteiger partial charge in [-0.25, -0.2) is 8.42 Å². The molecule has 0 atom stereocenters. The van der Waals surface area contributed by atoms with Gasteiger partial charge in [0.1, 0.15) is 19.0 Å². The van der Waals surface area contributed by atoms with E-state index in [0.29, 0.717) is 60.5 Å². The summed E-state index contributed by atoms with van der Waals surface area (Å²) in [6.45, 7) is 1.10. The highest BCUT2D eigenvalue weighted by Crippen LogP contribution is 2.38. The van der Waals surface area contributed by atoms with Crippen molar-refractivity contribution in [2.24, 2.45) is 0 Å².